The van der Waals surface area contributed by atoms with Gasteiger partial charge in [-0.25, -0.2) is 4.68 Å². The predicted molar refractivity (Wildman–Crippen MR) is 67.7 cm³/mol. The smallest absolute Gasteiger partial charge is 0.0827 e. The highest BCUT2D eigenvalue weighted by molar-refractivity contribution is 4.92. The van der Waals surface area contributed by atoms with Crippen molar-refractivity contribution in [2.24, 2.45) is 5.73 Å². The Morgan fingerprint density at radius 3 is 2.94 bits per heavy atom. The van der Waals surface area contributed by atoms with Crippen molar-refractivity contribution in [2.75, 3.05) is 19.8 Å². The van der Waals surface area contributed by atoms with Crippen LogP contribution >= 0.6 is 0 Å². The highest BCUT2D eigenvalue weighted by Crippen LogP contribution is 2.00. The number of nitrogens with zero attached hydrogens (tertiary/aromatic N) is 3. The molecule has 0 saturated heterocycles. The molecule has 0 radical (unpaired) electrons. The summed E-state index contributed by atoms with van der Waals surface area (Å²) in [5.74, 6) is 0. The summed E-state index contributed by atoms with van der Waals surface area (Å²) in [5.41, 5.74) is 6.49. The number of unbranched alkanes of at least 4 members (excludes halogenated alkanes) is 2. The van der Waals surface area contributed by atoms with Crippen LogP contribution in [0.3, 0.4) is 0 Å². The van der Waals surface area contributed by atoms with Crippen LogP contribution in [-0.2, 0) is 17.7 Å². The van der Waals surface area contributed by atoms with Gasteiger partial charge in [-0.15, -0.1) is 5.10 Å². The van der Waals surface area contributed by atoms with Crippen molar-refractivity contribution in [2.45, 2.75) is 45.6 Å². The monoisotopic (exact) mass is 240 g/mol. The van der Waals surface area contributed by atoms with Gasteiger partial charge in [-0.05, 0) is 32.2 Å². The Kier molecular flexibility index (Phi) is 7.58. The number of hydrogen-bond donors (Lipinski definition) is 1. The maximum Gasteiger partial charge on any atom is 0.0827 e. The van der Waals surface area contributed by atoms with E-state index in [0.717, 1.165) is 51.1 Å². The molecule has 0 aliphatic rings. The minimum Gasteiger partial charge on any atom is -0.380 e. The molecule has 0 spiro atoms. The summed E-state index contributed by atoms with van der Waals surface area (Å²) in [6.07, 6.45) is 7.40. The van der Waals surface area contributed by atoms with Gasteiger partial charge in [-0.2, -0.15) is 0 Å². The van der Waals surface area contributed by atoms with Gasteiger partial charge in [0, 0.05) is 12.8 Å². The van der Waals surface area contributed by atoms with Crippen LogP contribution in [0.25, 0.3) is 0 Å². The first kappa shape index (κ1) is 14.1. The Bertz CT molecular complexity index is 288. The lowest BCUT2D eigenvalue weighted by Gasteiger charge is -2.02. The molecule has 0 aliphatic heterocycles. The Balaban J connectivity index is 2.12. The normalized spacial score (nSPS) is 10.9. The molecule has 0 amide bonds. The Hall–Kier alpha value is -0.940. The van der Waals surface area contributed by atoms with Crippen molar-refractivity contribution in [1.29, 1.82) is 0 Å². The summed E-state index contributed by atoms with van der Waals surface area (Å²) in [5, 5.41) is 8.19. The van der Waals surface area contributed by atoms with E-state index in [9.17, 15) is 0 Å². The molecule has 1 aromatic heterocycles. The van der Waals surface area contributed by atoms with Crippen molar-refractivity contribution in [1.82, 2.24) is 15.0 Å². The first-order chi connectivity index (χ1) is 8.36. The van der Waals surface area contributed by atoms with E-state index in [1.165, 1.54) is 6.42 Å². The van der Waals surface area contributed by atoms with E-state index in [0.29, 0.717) is 6.61 Å². The highest BCUT2D eigenvalue weighted by atomic mass is 16.5. The summed E-state index contributed by atoms with van der Waals surface area (Å²) in [6.45, 7) is 5.25. The molecule has 5 nitrogen and oxygen atoms in total. The van der Waals surface area contributed by atoms with Crippen molar-refractivity contribution >= 4 is 0 Å². The van der Waals surface area contributed by atoms with E-state index in [2.05, 4.69) is 17.2 Å². The third-order valence-corrected chi connectivity index (χ3v) is 2.58. The number of rotatable bonds is 10. The maximum absolute atomic E-state index is 5.48. The molecule has 98 valence electrons. The molecule has 2 N–H and O–H groups in total. The van der Waals surface area contributed by atoms with E-state index in [-0.39, 0.29) is 0 Å². The molecule has 0 atom stereocenters. The molecular weight excluding hydrogens is 216 g/mol. The fraction of sp³-hybridized carbons (Fsp3) is 0.833. The van der Waals surface area contributed by atoms with Gasteiger partial charge in [0.2, 0.25) is 0 Å². The number of hydrogen-bond acceptors (Lipinski definition) is 4. The topological polar surface area (TPSA) is 66.0 Å². The van der Waals surface area contributed by atoms with E-state index >= 15 is 0 Å². The zero-order valence-electron chi connectivity index (χ0n) is 10.8. The van der Waals surface area contributed by atoms with Gasteiger partial charge in [0.05, 0.1) is 18.8 Å². The Morgan fingerprint density at radius 2 is 2.18 bits per heavy atom. The van der Waals surface area contributed by atoms with Crippen LogP contribution < -0.4 is 5.73 Å². The molecule has 0 fully saturated rings. The van der Waals surface area contributed by atoms with Gasteiger partial charge in [0.25, 0.3) is 0 Å². The zero-order valence-corrected chi connectivity index (χ0v) is 10.8. The van der Waals surface area contributed by atoms with Crippen LogP contribution in [0, 0.1) is 0 Å². The number of ether oxygens (including phenoxy) is 1. The molecule has 0 bridgehead atoms. The fourth-order valence-electron chi connectivity index (χ4n) is 1.52. The number of nitrogens with two attached hydrogens (primary N) is 1. The molecule has 17 heavy (non-hydrogen) atoms. The quantitative estimate of drug-likeness (QED) is 0.627. The molecule has 0 aromatic carbocycles. The molecule has 1 rings (SSSR count). The Labute approximate surface area is 103 Å². The summed E-state index contributed by atoms with van der Waals surface area (Å²) < 4.78 is 7.33. The van der Waals surface area contributed by atoms with Crippen molar-refractivity contribution < 1.29 is 4.74 Å². The van der Waals surface area contributed by atoms with Gasteiger partial charge in [0.15, 0.2) is 0 Å². The summed E-state index contributed by atoms with van der Waals surface area (Å²) >= 11 is 0. The molecule has 0 saturated carbocycles. The summed E-state index contributed by atoms with van der Waals surface area (Å²) in [7, 11) is 0. The average molecular weight is 240 g/mol. The van der Waals surface area contributed by atoms with Crippen LogP contribution in [0.4, 0.5) is 0 Å². The largest absolute Gasteiger partial charge is 0.380 e. The predicted octanol–water partition coefficient (Wildman–Crippen LogP) is 1.38. The van der Waals surface area contributed by atoms with E-state index in [1.54, 1.807) is 0 Å². The third-order valence-electron chi connectivity index (χ3n) is 2.58. The van der Waals surface area contributed by atoms with Crippen LogP contribution in [-0.4, -0.2) is 34.8 Å². The Morgan fingerprint density at radius 1 is 1.29 bits per heavy atom. The van der Waals surface area contributed by atoms with Crippen LogP contribution in [0.15, 0.2) is 6.20 Å². The maximum atomic E-state index is 5.48. The molecule has 0 aliphatic carbocycles. The van der Waals surface area contributed by atoms with Crippen molar-refractivity contribution in [3.63, 3.8) is 0 Å². The molecule has 1 aromatic rings. The SMILES string of the molecule is CCCCOCCn1cc(CCCCN)nn1. The van der Waals surface area contributed by atoms with Crippen LogP contribution in [0.5, 0.6) is 0 Å². The lowest BCUT2D eigenvalue weighted by Crippen LogP contribution is -2.07. The van der Waals surface area contributed by atoms with Gasteiger partial charge >= 0.3 is 0 Å². The first-order valence-corrected chi connectivity index (χ1v) is 6.53. The second-order valence-corrected chi connectivity index (χ2v) is 4.18. The fourth-order valence-corrected chi connectivity index (χ4v) is 1.52. The second kappa shape index (κ2) is 9.13. The van der Waals surface area contributed by atoms with E-state index in [4.69, 9.17) is 10.5 Å². The number of aromatic nitrogens is 3. The highest BCUT2D eigenvalue weighted by Gasteiger charge is 2.00. The minimum absolute atomic E-state index is 0.714. The average Bonchev–Trinajstić information content (AvgIpc) is 2.77. The standard InChI is InChI=1S/C12H24N4O/c1-2-3-9-17-10-8-16-11-12(14-15-16)6-4-5-7-13/h11H,2-10,13H2,1H3. The third kappa shape index (κ3) is 6.38. The zero-order chi connectivity index (χ0) is 12.3. The van der Waals surface area contributed by atoms with Crippen LogP contribution in [0.2, 0.25) is 0 Å². The van der Waals surface area contributed by atoms with E-state index < -0.39 is 0 Å². The van der Waals surface area contributed by atoms with Gasteiger partial charge < -0.3 is 10.5 Å². The van der Waals surface area contributed by atoms with Crippen molar-refractivity contribution in [3.8, 4) is 0 Å². The van der Waals surface area contributed by atoms with E-state index in [1.807, 2.05) is 10.9 Å². The van der Waals surface area contributed by atoms with Gasteiger partial charge in [-0.3, -0.25) is 0 Å². The second-order valence-electron chi connectivity index (χ2n) is 4.18. The lowest BCUT2D eigenvalue weighted by atomic mass is 10.2. The van der Waals surface area contributed by atoms with Gasteiger partial charge in [-0.1, -0.05) is 18.6 Å². The van der Waals surface area contributed by atoms with Gasteiger partial charge in [0.1, 0.15) is 0 Å². The lowest BCUT2D eigenvalue weighted by molar-refractivity contribution is 0.120. The molecule has 1 heterocycles. The summed E-state index contributed by atoms with van der Waals surface area (Å²) in [6, 6.07) is 0. The minimum atomic E-state index is 0.714. The molecule has 5 heteroatoms. The number of aryl methyl sites for hydroxylation is 1. The molecular formula is C12H24N4O. The first-order valence-electron chi connectivity index (χ1n) is 6.53. The van der Waals surface area contributed by atoms with Crippen molar-refractivity contribution in [3.05, 3.63) is 11.9 Å². The molecule has 0 unspecified atom stereocenters. The van der Waals surface area contributed by atoms with Crippen LogP contribution in [0.1, 0.15) is 38.3 Å². The summed E-state index contributed by atoms with van der Waals surface area (Å²) in [4.78, 5) is 0.